The number of hydrogen-bond donors (Lipinski definition) is 0. The first-order valence-corrected chi connectivity index (χ1v) is 7.38. The highest BCUT2D eigenvalue weighted by Crippen LogP contribution is 2.19. The average Bonchev–Trinajstić information content (AvgIpc) is 3.25. The Labute approximate surface area is 137 Å². The number of amides is 1. The van der Waals surface area contributed by atoms with Crippen LogP contribution in [-0.4, -0.2) is 34.5 Å². The fourth-order valence-corrected chi connectivity index (χ4v) is 2.36. The molecule has 1 aromatic heterocycles. The van der Waals surface area contributed by atoms with E-state index in [4.69, 9.17) is 9.25 Å². The average molecular weight is 329 g/mol. The molecule has 1 amide bonds. The highest BCUT2D eigenvalue weighted by molar-refractivity contribution is 5.98. The quantitative estimate of drug-likeness (QED) is 0.620. The topological polar surface area (TPSA) is 98.2 Å². The van der Waals surface area contributed by atoms with Crippen LogP contribution in [0, 0.1) is 10.1 Å². The fraction of sp³-hybridized carbons (Fsp3) is 0.250. The third-order valence-corrected chi connectivity index (χ3v) is 3.58. The molecule has 2 heterocycles. The summed E-state index contributed by atoms with van der Waals surface area (Å²) in [5, 5.41) is 14.7. The number of carbonyl (C=O) groups is 1. The number of carbonyl (C=O) groups excluding carboxylic acids is 1. The molecule has 1 aliphatic rings. The molecule has 124 valence electrons. The van der Waals surface area contributed by atoms with Gasteiger partial charge in [-0.15, -0.1) is 0 Å². The van der Waals surface area contributed by atoms with Crippen molar-refractivity contribution in [2.75, 3.05) is 13.1 Å². The molecule has 0 N–H and O–H groups in total. The van der Waals surface area contributed by atoms with E-state index < -0.39 is 16.7 Å². The first-order valence-electron chi connectivity index (χ1n) is 7.38. The molecule has 0 aliphatic carbocycles. The highest BCUT2D eigenvalue weighted by Gasteiger charge is 2.27. The minimum Gasteiger partial charge on any atom is -0.395 e. The van der Waals surface area contributed by atoms with E-state index in [-0.39, 0.29) is 5.76 Å². The standard InChI is InChI=1S/C16H15N3O5/c20-16(14-6-7-15(24-14)19(21)22)18-9-8-13(10-18)17-23-11-12-4-2-1-3-5-12/h1-7H,8-11H2/b17-13+. The maximum absolute atomic E-state index is 12.2. The molecule has 1 aliphatic heterocycles. The van der Waals surface area contributed by atoms with Crippen molar-refractivity contribution in [1.82, 2.24) is 4.90 Å². The van der Waals surface area contributed by atoms with E-state index in [9.17, 15) is 14.9 Å². The van der Waals surface area contributed by atoms with Gasteiger partial charge in [0.15, 0.2) is 5.76 Å². The third kappa shape index (κ3) is 3.60. The summed E-state index contributed by atoms with van der Waals surface area (Å²) in [6.07, 6.45) is 0.601. The SMILES string of the molecule is O=C(c1ccc([N+](=O)[O-])o1)N1CC/C(=N\OCc2ccccc2)C1. The Morgan fingerprint density at radius 3 is 2.79 bits per heavy atom. The lowest BCUT2D eigenvalue weighted by Gasteiger charge is -2.11. The number of furan rings is 1. The summed E-state index contributed by atoms with van der Waals surface area (Å²) >= 11 is 0. The third-order valence-electron chi connectivity index (χ3n) is 3.58. The second-order valence-corrected chi connectivity index (χ2v) is 5.29. The Kier molecular flexibility index (Phi) is 4.55. The van der Waals surface area contributed by atoms with E-state index in [1.54, 1.807) is 0 Å². The number of rotatable bonds is 5. The van der Waals surface area contributed by atoms with E-state index in [2.05, 4.69) is 5.16 Å². The van der Waals surface area contributed by atoms with Gasteiger partial charge in [-0.3, -0.25) is 14.9 Å². The van der Waals surface area contributed by atoms with E-state index in [0.717, 1.165) is 11.3 Å². The molecule has 0 saturated carbocycles. The van der Waals surface area contributed by atoms with Crippen LogP contribution in [0.4, 0.5) is 5.88 Å². The van der Waals surface area contributed by atoms with Crippen molar-refractivity contribution in [3.8, 4) is 0 Å². The van der Waals surface area contributed by atoms with Crippen LogP contribution in [-0.2, 0) is 11.4 Å². The summed E-state index contributed by atoms with van der Waals surface area (Å²) < 4.78 is 4.93. The summed E-state index contributed by atoms with van der Waals surface area (Å²) in [7, 11) is 0. The van der Waals surface area contributed by atoms with Gasteiger partial charge >= 0.3 is 5.88 Å². The van der Waals surface area contributed by atoms with E-state index in [0.29, 0.717) is 26.1 Å². The van der Waals surface area contributed by atoms with Crippen LogP contribution >= 0.6 is 0 Å². The van der Waals surface area contributed by atoms with Crippen molar-refractivity contribution >= 4 is 17.5 Å². The van der Waals surface area contributed by atoms with Crippen LogP contribution in [0.2, 0.25) is 0 Å². The lowest BCUT2D eigenvalue weighted by molar-refractivity contribution is -0.402. The summed E-state index contributed by atoms with van der Waals surface area (Å²) in [5.41, 5.74) is 1.76. The van der Waals surface area contributed by atoms with Crippen molar-refractivity contribution in [3.63, 3.8) is 0 Å². The van der Waals surface area contributed by atoms with Gasteiger partial charge in [0.25, 0.3) is 5.91 Å². The molecule has 1 fully saturated rings. The minimum atomic E-state index is -0.676. The molecule has 1 saturated heterocycles. The van der Waals surface area contributed by atoms with Gasteiger partial charge in [0, 0.05) is 13.0 Å². The predicted molar refractivity (Wildman–Crippen MR) is 84.5 cm³/mol. The summed E-state index contributed by atoms with van der Waals surface area (Å²) in [6.45, 7) is 1.16. The molecule has 3 rings (SSSR count). The lowest BCUT2D eigenvalue weighted by Crippen LogP contribution is -2.28. The van der Waals surface area contributed by atoms with E-state index in [1.165, 1.54) is 17.0 Å². The van der Waals surface area contributed by atoms with Crippen LogP contribution < -0.4 is 0 Å². The van der Waals surface area contributed by atoms with Crippen LogP contribution in [0.25, 0.3) is 0 Å². The summed E-state index contributed by atoms with van der Waals surface area (Å²) in [5.74, 6) is -0.887. The number of benzene rings is 1. The molecule has 1 aromatic carbocycles. The van der Waals surface area contributed by atoms with Gasteiger partial charge in [-0.2, -0.15) is 0 Å². The zero-order chi connectivity index (χ0) is 16.9. The van der Waals surface area contributed by atoms with Gasteiger partial charge in [0.05, 0.1) is 18.3 Å². The second-order valence-electron chi connectivity index (χ2n) is 5.29. The van der Waals surface area contributed by atoms with Gasteiger partial charge < -0.3 is 14.2 Å². The first kappa shape index (κ1) is 15.7. The Hall–Kier alpha value is -3.16. The Balaban J connectivity index is 1.55. The maximum Gasteiger partial charge on any atom is 0.433 e. The summed E-state index contributed by atoms with van der Waals surface area (Å²) in [4.78, 5) is 29.0. The zero-order valence-corrected chi connectivity index (χ0v) is 12.8. The van der Waals surface area contributed by atoms with Gasteiger partial charge in [-0.25, -0.2) is 0 Å². The van der Waals surface area contributed by atoms with Gasteiger partial charge in [-0.1, -0.05) is 35.5 Å². The predicted octanol–water partition coefficient (Wildman–Crippen LogP) is 2.61. The molecular formula is C16H15N3O5. The molecule has 0 bridgehead atoms. The Morgan fingerprint density at radius 1 is 1.29 bits per heavy atom. The van der Waals surface area contributed by atoms with Gasteiger partial charge in [0.1, 0.15) is 11.5 Å². The minimum absolute atomic E-state index is 0.0480. The highest BCUT2D eigenvalue weighted by atomic mass is 16.6. The number of oxime groups is 1. The molecular weight excluding hydrogens is 314 g/mol. The fourth-order valence-electron chi connectivity index (χ4n) is 2.36. The van der Waals surface area contributed by atoms with Crippen molar-refractivity contribution in [2.24, 2.45) is 5.16 Å². The molecule has 0 unspecified atom stereocenters. The number of nitrogens with zero attached hydrogens (tertiary/aromatic N) is 3. The zero-order valence-electron chi connectivity index (χ0n) is 12.8. The van der Waals surface area contributed by atoms with Crippen molar-refractivity contribution in [2.45, 2.75) is 13.0 Å². The Bertz CT molecular complexity index is 769. The molecule has 2 aromatic rings. The molecule has 0 atom stereocenters. The molecule has 24 heavy (non-hydrogen) atoms. The number of hydrogen-bond acceptors (Lipinski definition) is 6. The smallest absolute Gasteiger partial charge is 0.395 e. The van der Waals surface area contributed by atoms with Gasteiger partial charge in [-0.05, 0) is 11.6 Å². The van der Waals surface area contributed by atoms with Crippen LogP contribution in [0.5, 0.6) is 0 Å². The van der Waals surface area contributed by atoms with Crippen molar-refractivity contribution in [1.29, 1.82) is 0 Å². The maximum atomic E-state index is 12.2. The van der Waals surface area contributed by atoms with Crippen LogP contribution in [0.15, 0.2) is 52.0 Å². The molecule has 0 spiro atoms. The second kappa shape index (κ2) is 6.95. The molecule has 0 radical (unpaired) electrons. The van der Waals surface area contributed by atoms with Gasteiger partial charge in [0.2, 0.25) is 0 Å². The number of likely N-dealkylation sites (tertiary alicyclic amines) is 1. The largest absolute Gasteiger partial charge is 0.433 e. The van der Waals surface area contributed by atoms with Crippen molar-refractivity contribution < 1.29 is 19.0 Å². The van der Waals surface area contributed by atoms with E-state index >= 15 is 0 Å². The van der Waals surface area contributed by atoms with Crippen LogP contribution in [0.1, 0.15) is 22.5 Å². The van der Waals surface area contributed by atoms with Crippen LogP contribution in [0.3, 0.4) is 0 Å². The first-order chi connectivity index (χ1) is 11.6. The summed E-state index contributed by atoms with van der Waals surface area (Å²) in [6, 6.07) is 12.1. The molecule has 8 nitrogen and oxygen atoms in total. The molecule has 8 heteroatoms. The lowest BCUT2D eigenvalue weighted by atomic mass is 10.2. The van der Waals surface area contributed by atoms with E-state index in [1.807, 2.05) is 30.3 Å². The Morgan fingerprint density at radius 2 is 2.08 bits per heavy atom. The normalized spacial score (nSPS) is 15.7. The van der Waals surface area contributed by atoms with Crippen molar-refractivity contribution in [3.05, 3.63) is 63.9 Å². The number of nitro groups is 1. The monoisotopic (exact) mass is 329 g/mol.